The Balaban J connectivity index is 2.56. The maximum atomic E-state index is 13.3. The van der Waals surface area contributed by atoms with Gasteiger partial charge >= 0.3 is 5.97 Å². The normalized spacial score (nSPS) is 12.0. The molecule has 102 valence electrons. The van der Waals surface area contributed by atoms with Gasteiger partial charge in [-0.25, -0.2) is 18.6 Å². The molecule has 0 atom stereocenters. The van der Waals surface area contributed by atoms with E-state index in [4.69, 9.17) is 10.2 Å². The lowest BCUT2D eigenvalue weighted by molar-refractivity contribution is -0.0624. The fraction of sp³-hybridized carbons (Fsp3) is 0.333. The Kier molecular flexibility index (Phi) is 3.23. The van der Waals surface area contributed by atoms with Crippen LogP contribution in [-0.4, -0.2) is 38.3 Å². The molecule has 1 aromatic heterocycles. The number of aromatic carboxylic acids is 1. The summed E-state index contributed by atoms with van der Waals surface area (Å²) in [6.07, 6.45) is 0. The number of benzene rings is 1. The zero-order chi connectivity index (χ0) is 14.2. The van der Waals surface area contributed by atoms with Crippen molar-refractivity contribution in [3.05, 3.63) is 29.6 Å². The van der Waals surface area contributed by atoms with Crippen LogP contribution in [0.25, 0.3) is 11.0 Å². The lowest BCUT2D eigenvalue weighted by Gasteiger charge is -2.15. The number of fused-ring (bicyclic) bond motifs is 1. The number of nitrogens with zero attached hydrogens (tertiary/aromatic N) is 2. The average molecular weight is 270 g/mol. The number of hydrogen-bond donors (Lipinski definition) is 2. The van der Waals surface area contributed by atoms with Crippen molar-refractivity contribution in [1.82, 2.24) is 9.55 Å². The molecule has 0 fully saturated rings. The van der Waals surface area contributed by atoms with E-state index < -0.39 is 25.0 Å². The van der Waals surface area contributed by atoms with Gasteiger partial charge in [-0.1, -0.05) is 0 Å². The summed E-state index contributed by atoms with van der Waals surface area (Å²) >= 11 is 0. The van der Waals surface area contributed by atoms with E-state index in [2.05, 4.69) is 4.98 Å². The van der Waals surface area contributed by atoms with Gasteiger partial charge in [-0.05, 0) is 25.1 Å². The fourth-order valence-electron chi connectivity index (χ4n) is 1.86. The molecule has 0 amide bonds. The van der Waals surface area contributed by atoms with Crippen molar-refractivity contribution in [2.45, 2.75) is 19.4 Å². The third-order valence-electron chi connectivity index (χ3n) is 2.81. The molecule has 7 heteroatoms. The van der Waals surface area contributed by atoms with Crippen LogP contribution in [0.5, 0.6) is 0 Å². The first kappa shape index (κ1) is 13.4. The zero-order valence-corrected chi connectivity index (χ0v) is 10.1. The molecule has 19 heavy (non-hydrogen) atoms. The Morgan fingerprint density at radius 3 is 2.74 bits per heavy atom. The number of hydrogen-bond acceptors (Lipinski definition) is 3. The number of halogens is 2. The minimum Gasteiger partial charge on any atom is -0.478 e. The van der Waals surface area contributed by atoms with Gasteiger partial charge in [0.2, 0.25) is 0 Å². The van der Waals surface area contributed by atoms with Crippen LogP contribution >= 0.6 is 0 Å². The molecule has 1 heterocycles. The summed E-state index contributed by atoms with van der Waals surface area (Å²) in [5.74, 6) is -4.08. The van der Waals surface area contributed by atoms with E-state index in [1.807, 2.05) is 0 Å². The summed E-state index contributed by atoms with van der Waals surface area (Å²) in [5, 5.41) is 17.5. The minimum atomic E-state index is -3.28. The van der Waals surface area contributed by atoms with Crippen LogP contribution in [-0.2, 0) is 6.54 Å². The number of carbonyl (C=O) groups is 1. The van der Waals surface area contributed by atoms with Crippen molar-refractivity contribution in [3.63, 3.8) is 0 Å². The molecular weight excluding hydrogens is 258 g/mol. The first-order valence-electron chi connectivity index (χ1n) is 5.53. The minimum absolute atomic E-state index is 0.000893. The van der Waals surface area contributed by atoms with Crippen molar-refractivity contribution >= 4 is 17.0 Å². The van der Waals surface area contributed by atoms with Gasteiger partial charge in [-0.3, -0.25) is 0 Å². The number of aryl methyl sites for hydroxylation is 1. The van der Waals surface area contributed by atoms with Crippen LogP contribution in [0.4, 0.5) is 8.78 Å². The molecule has 2 rings (SSSR count). The lowest BCUT2D eigenvalue weighted by atomic mass is 10.2. The Bertz CT molecular complexity index is 637. The molecule has 5 nitrogen and oxygen atoms in total. The molecule has 0 radical (unpaired) electrons. The predicted octanol–water partition coefficient (Wildman–Crippen LogP) is 1.67. The quantitative estimate of drug-likeness (QED) is 0.886. The molecule has 0 spiro atoms. The van der Waals surface area contributed by atoms with E-state index in [-0.39, 0.29) is 5.56 Å². The van der Waals surface area contributed by atoms with Crippen molar-refractivity contribution in [2.75, 3.05) is 6.61 Å². The van der Waals surface area contributed by atoms with Gasteiger partial charge in [0.15, 0.2) is 0 Å². The van der Waals surface area contributed by atoms with Gasteiger partial charge in [0, 0.05) is 0 Å². The summed E-state index contributed by atoms with van der Waals surface area (Å²) in [7, 11) is 0. The molecule has 0 unspecified atom stereocenters. The van der Waals surface area contributed by atoms with Crippen molar-refractivity contribution in [1.29, 1.82) is 0 Å². The third-order valence-corrected chi connectivity index (χ3v) is 2.81. The van der Waals surface area contributed by atoms with E-state index >= 15 is 0 Å². The summed E-state index contributed by atoms with van der Waals surface area (Å²) < 4.78 is 27.7. The topological polar surface area (TPSA) is 75.3 Å². The van der Waals surface area contributed by atoms with Crippen molar-refractivity contribution < 1.29 is 23.8 Å². The highest BCUT2D eigenvalue weighted by Gasteiger charge is 2.30. The number of imidazole rings is 1. The number of aliphatic hydroxyl groups excluding tert-OH is 1. The van der Waals surface area contributed by atoms with E-state index in [0.29, 0.717) is 16.9 Å². The Labute approximate surface area is 107 Å². The van der Waals surface area contributed by atoms with Crippen LogP contribution in [0.15, 0.2) is 18.2 Å². The molecule has 1 aromatic carbocycles. The van der Waals surface area contributed by atoms with Crippen LogP contribution in [0.1, 0.15) is 16.2 Å². The predicted molar refractivity (Wildman–Crippen MR) is 63.5 cm³/mol. The second-order valence-corrected chi connectivity index (χ2v) is 4.27. The van der Waals surface area contributed by atoms with Crippen molar-refractivity contribution in [2.24, 2.45) is 0 Å². The largest absolute Gasteiger partial charge is 0.478 e. The maximum Gasteiger partial charge on any atom is 0.335 e. The second kappa shape index (κ2) is 4.58. The van der Waals surface area contributed by atoms with E-state index in [9.17, 15) is 13.6 Å². The van der Waals surface area contributed by atoms with Gasteiger partial charge in [0.1, 0.15) is 12.4 Å². The van der Waals surface area contributed by atoms with Gasteiger partial charge in [-0.15, -0.1) is 0 Å². The number of carboxylic acids is 1. The Morgan fingerprint density at radius 2 is 2.16 bits per heavy atom. The number of rotatable bonds is 4. The number of aliphatic hydroxyl groups is 1. The van der Waals surface area contributed by atoms with Gasteiger partial charge in [-0.2, -0.15) is 0 Å². The van der Waals surface area contributed by atoms with E-state index in [1.165, 1.54) is 22.8 Å². The van der Waals surface area contributed by atoms with E-state index in [1.54, 1.807) is 6.92 Å². The first-order chi connectivity index (χ1) is 8.84. The molecule has 0 saturated heterocycles. The number of carboxylic acid groups (broad SMARTS) is 1. The molecule has 2 aromatic rings. The van der Waals surface area contributed by atoms with Gasteiger partial charge in [0.05, 0.1) is 23.1 Å². The molecule has 2 N–H and O–H groups in total. The molecule has 0 saturated carbocycles. The average Bonchev–Trinajstić information content (AvgIpc) is 2.65. The van der Waals surface area contributed by atoms with Gasteiger partial charge < -0.3 is 14.8 Å². The fourth-order valence-corrected chi connectivity index (χ4v) is 1.86. The molecule has 0 bridgehead atoms. The summed E-state index contributed by atoms with van der Waals surface area (Å²) in [6, 6.07) is 4.14. The monoisotopic (exact) mass is 270 g/mol. The summed E-state index contributed by atoms with van der Waals surface area (Å²) in [4.78, 5) is 15.0. The Morgan fingerprint density at radius 1 is 1.47 bits per heavy atom. The van der Waals surface area contributed by atoms with Crippen LogP contribution in [0, 0.1) is 6.92 Å². The summed E-state index contributed by atoms with van der Waals surface area (Å²) in [6.45, 7) is -0.465. The second-order valence-electron chi connectivity index (χ2n) is 4.27. The zero-order valence-electron chi connectivity index (χ0n) is 10.1. The smallest absolute Gasteiger partial charge is 0.335 e. The SMILES string of the molecule is Cc1nc2ccc(C(=O)O)cc2n1CC(F)(F)CO. The lowest BCUT2D eigenvalue weighted by Crippen LogP contribution is -2.28. The highest BCUT2D eigenvalue weighted by molar-refractivity contribution is 5.92. The molecule has 0 aliphatic carbocycles. The van der Waals surface area contributed by atoms with Crippen LogP contribution in [0.3, 0.4) is 0 Å². The summed E-state index contributed by atoms with van der Waals surface area (Å²) in [5.41, 5.74) is 0.753. The third kappa shape index (κ3) is 2.55. The Hall–Kier alpha value is -2.02. The standard InChI is InChI=1S/C12H12F2N2O3/c1-7-15-9-3-2-8(11(18)19)4-10(9)16(7)5-12(13,14)6-17/h2-4,17H,5-6H2,1H3,(H,18,19). The van der Waals surface area contributed by atoms with Crippen molar-refractivity contribution in [3.8, 4) is 0 Å². The number of aromatic nitrogens is 2. The molecule has 0 aliphatic rings. The van der Waals surface area contributed by atoms with Crippen LogP contribution in [0.2, 0.25) is 0 Å². The van der Waals surface area contributed by atoms with E-state index in [0.717, 1.165) is 0 Å². The van der Waals surface area contributed by atoms with Gasteiger partial charge in [0.25, 0.3) is 5.92 Å². The maximum absolute atomic E-state index is 13.3. The number of alkyl halides is 2. The first-order valence-corrected chi connectivity index (χ1v) is 5.53. The molecule has 0 aliphatic heterocycles. The molecular formula is C12H12F2N2O3. The highest BCUT2D eigenvalue weighted by atomic mass is 19.3. The highest BCUT2D eigenvalue weighted by Crippen LogP contribution is 2.23. The van der Waals surface area contributed by atoms with Crippen LogP contribution < -0.4 is 0 Å².